The molecule has 0 aliphatic rings. The van der Waals surface area contributed by atoms with Crippen molar-refractivity contribution in [3.05, 3.63) is 57.6 Å². The summed E-state index contributed by atoms with van der Waals surface area (Å²) >= 11 is 12.1. The molecule has 0 aliphatic heterocycles. The molecule has 0 fully saturated rings. The number of rotatable bonds is 6. The van der Waals surface area contributed by atoms with Crippen LogP contribution in [0.4, 0.5) is 0 Å². The van der Waals surface area contributed by atoms with Gasteiger partial charge in [0.1, 0.15) is 0 Å². The maximum Gasteiger partial charge on any atom is 0.272 e. The van der Waals surface area contributed by atoms with Crippen LogP contribution >= 0.6 is 23.2 Å². The summed E-state index contributed by atoms with van der Waals surface area (Å²) in [6.45, 7) is 2.33. The fraction of sp³-hybridized carbons (Fsp3) is 0.176. The van der Waals surface area contributed by atoms with E-state index in [1.54, 1.807) is 36.4 Å². The molecule has 2 rings (SSSR count). The third-order valence-corrected chi connectivity index (χ3v) is 3.65. The number of carbonyl (C=O) groups is 1. The van der Waals surface area contributed by atoms with Gasteiger partial charge >= 0.3 is 0 Å². The minimum atomic E-state index is -0.402. The summed E-state index contributed by atoms with van der Waals surface area (Å²) in [5.41, 5.74) is 3.41. The summed E-state index contributed by atoms with van der Waals surface area (Å²) in [6.07, 6.45) is 1.46. The van der Waals surface area contributed by atoms with Crippen molar-refractivity contribution in [2.24, 2.45) is 5.10 Å². The molecule has 24 heavy (non-hydrogen) atoms. The Morgan fingerprint density at radius 2 is 2.00 bits per heavy atom. The minimum Gasteiger partial charge on any atom is -0.493 e. The standard InChI is InChI=1S/C17H16Cl2N2O3/c1-3-24-16-14(19)8-11(9-15(16)23-2)10-20-21-17(22)12-6-4-5-7-13(12)18/h4-10H,3H2,1-2H3,(H,21,22)/b20-10-. The fourth-order valence-corrected chi connectivity index (χ4v) is 2.46. The van der Waals surface area contributed by atoms with Crippen molar-refractivity contribution in [3.63, 3.8) is 0 Å². The monoisotopic (exact) mass is 366 g/mol. The second-order valence-electron chi connectivity index (χ2n) is 4.65. The second kappa shape index (κ2) is 8.57. The first-order chi connectivity index (χ1) is 11.6. The maximum atomic E-state index is 12.0. The van der Waals surface area contributed by atoms with Crippen molar-refractivity contribution < 1.29 is 14.3 Å². The van der Waals surface area contributed by atoms with Crippen LogP contribution in [-0.2, 0) is 0 Å². The highest BCUT2D eigenvalue weighted by Crippen LogP contribution is 2.35. The Hall–Kier alpha value is -2.24. The van der Waals surface area contributed by atoms with Crippen LogP contribution in [0.2, 0.25) is 10.0 Å². The zero-order chi connectivity index (χ0) is 17.5. The lowest BCUT2D eigenvalue weighted by Crippen LogP contribution is -2.17. The number of hydrogen-bond donors (Lipinski definition) is 1. The number of ether oxygens (including phenoxy) is 2. The van der Waals surface area contributed by atoms with Crippen LogP contribution in [0.1, 0.15) is 22.8 Å². The van der Waals surface area contributed by atoms with Crippen molar-refractivity contribution in [1.82, 2.24) is 5.43 Å². The molecule has 0 radical (unpaired) electrons. The van der Waals surface area contributed by atoms with Crippen LogP contribution in [0.25, 0.3) is 0 Å². The SMILES string of the molecule is CCOc1c(Cl)cc(/C=N\NC(=O)c2ccccc2Cl)cc1OC. The molecule has 0 atom stereocenters. The first-order valence-corrected chi connectivity index (χ1v) is 7.90. The molecule has 0 bridgehead atoms. The minimum absolute atomic E-state index is 0.346. The van der Waals surface area contributed by atoms with Gasteiger partial charge in [0.15, 0.2) is 11.5 Å². The van der Waals surface area contributed by atoms with E-state index in [1.807, 2.05) is 6.92 Å². The third kappa shape index (κ3) is 4.40. The van der Waals surface area contributed by atoms with Crippen LogP contribution in [0.15, 0.2) is 41.5 Å². The van der Waals surface area contributed by atoms with Gasteiger partial charge in [-0.25, -0.2) is 5.43 Å². The molecule has 0 aromatic heterocycles. The van der Waals surface area contributed by atoms with E-state index in [-0.39, 0.29) is 0 Å². The van der Waals surface area contributed by atoms with Crippen LogP contribution in [0, 0.1) is 0 Å². The number of methoxy groups -OCH3 is 1. The molecule has 5 nitrogen and oxygen atoms in total. The van der Waals surface area contributed by atoms with Gasteiger partial charge in [-0.15, -0.1) is 0 Å². The second-order valence-corrected chi connectivity index (χ2v) is 5.46. The topological polar surface area (TPSA) is 59.9 Å². The van der Waals surface area contributed by atoms with E-state index in [1.165, 1.54) is 13.3 Å². The number of carbonyl (C=O) groups excluding carboxylic acids is 1. The zero-order valence-corrected chi connectivity index (χ0v) is 14.7. The van der Waals surface area contributed by atoms with Crippen LogP contribution < -0.4 is 14.9 Å². The summed E-state index contributed by atoms with van der Waals surface area (Å²) in [4.78, 5) is 12.0. The Bertz CT molecular complexity index is 763. The predicted octanol–water partition coefficient (Wildman–Crippen LogP) is 4.16. The molecular formula is C17H16Cl2N2O3. The number of nitrogens with one attached hydrogen (secondary N) is 1. The molecule has 1 N–H and O–H groups in total. The smallest absolute Gasteiger partial charge is 0.272 e. The molecule has 1 amide bonds. The fourth-order valence-electron chi connectivity index (χ4n) is 1.97. The summed E-state index contributed by atoms with van der Waals surface area (Å²) in [6, 6.07) is 10.1. The Balaban J connectivity index is 2.13. The van der Waals surface area contributed by atoms with Crippen LogP contribution in [0.3, 0.4) is 0 Å². The molecule has 0 aliphatic carbocycles. The lowest BCUT2D eigenvalue weighted by Gasteiger charge is -2.11. The van der Waals surface area contributed by atoms with Crippen molar-refractivity contribution in [2.45, 2.75) is 6.92 Å². The molecule has 0 spiro atoms. The highest BCUT2D eigenvalue weighted by molar-refractivity contribution is 6.34. The Morgan fingerprint density at radius 3 is 2.67 bits per heavy atom. The number of benzene rings is 2. The summed E-state index contributed by atoms with van der Waals surface area (Å²) in [5, 5.41) is 4.67. The lowest BCUT2D eigenvalue weighted by atomic mass is 10.2. The predicted molar refractivity (Wildman–Crippen MR) is 95.7 cm³/mol. The molecular weight excluding hydrogens is 351 g/mol. The van der Waals surface area contributed by atoms with Gasteiger partial charge in [0, 0.05) is 0 Å². The van der Waals surface area contributed by atoms with E-state index < -0.39 is 5.91 Å². The quantitative estimate of drug-likeness (QED) is 0.616. The van der Waals surface area contributed by atoms with Crippen LogP contribution in [0.5, 0.6) is 11.5 Å². The molecule has 0 heterocycles. The summed E-state index contributed by atoms with van der Waals surface area (Å²) in [7, 11) is 1.52. The van der Waals surface area contributed by atoms with Gasteiger partial charge in [-0.05, 0) is 36.8 Å². The largest absolute Gasteiger partial charge is 0.493 e. The van der Waals surface area contributed by atoms with Gasteiger partial charge in [0.2, 0.25) is 0 Å². The summed E-state index contributed by atoms with van der Waals surface area (Å²) < 4.78 is 10.7. The number of nitrogens with zero attached hydrogens (tertiary/aromatic N) is 1. The van der Waals surface area contributed by atoms with E-state index in [9.17, 15) is 4.79 Å². The third-order valence-electron chi connectivity index (χ3n) is 3.04. The van der Waals surface area contributed by atoms with E-state index >= 15 is 0 Å². The first kappa shape index (κ1) is 18.1. The molecule has 2 aromatic carbocycles. The molecule has 2 aromatic rings. The molecule has 126 valence electrons. The molecule has 0 saturated carbocycles. The highest BCUT2D eigenvalue weighted by atomic mass is 35.5. The van der Waals surface area contributed by atoms with Gasteiger partial charge < -0.3 is 9.47 Å². The first-order valence-electron chi connectivity index (χ1n) is 7.15. The van der Waals surface area contributed by atoms with Gasteiger partial charge in [-0.3, -0.25) is 4.79 Å². The van der Waals surface area contributed by atoms with Gasteiger partial charge in [0.25, 0.3) is 5.91 Å². The zero-order valence-electron chi connectivity index (χ0n) is 13.2. The van der Waals surface area contributed by atoms with E-state index in [0.717, 1.165) is 0 Å². The molecule has 0 saturated heterocycles. The van der Waals surface area contributed by atoms with Crippen molar-refractivity contribution in [1.29, 1.82) is 0 Å². The maximum absolute atomic E-state index is 12.0. The van der Waals surface area contributed by atoms with Gasteiger partial charge in [0.05, 0.1) is 35.5 Å². The number of amides is 1. The highest BCUT2D eigenvalue weighted by Gasteiger charge is 2.11. The van der Waals surface area contributed by atoms with Gasteiger partial charge in [-0.2, -0.15) is 5.10 Å². The van der Waals surface area contributed by atoms with Gasteiger partial charge in [-0.1, -0.05) is 35.3 Å². The van der Waals surface area contributed by atoms with E-state index in [0.29, 0.717) is 39.3 Å². The average Bonchev–Trinajstić information content (AvgIpc) is 2.57. The summed E-state index contributed by atoms with van der Waals surface area (Å²) in [5.74, 6) is 0.558. The van der Waals surface area contributed by atoms with Crippen molar-refractivity contribution >= 4 is 35.3 Å². The normalized spacial score (nSPS) is 10.7. The average molecular weight is 367 g/mol. The van der Waals surface area contributed by atoms with Crippen molar-refractivity contribution in [3.8, 4) is 11.5 Å². The van der Waals surface area contributed by atoms with Crippen LogP contribution in [-0.4, -0.2) is 25.8 Å². The Morgan fingerprint density at radius 1 is 1.25 bits per heavy atom. The lowest BCUT2D eigenvalue weighted by molar-refractivity contribution is 0.0955. The Kier molecular flexibility index (Phi) is 6.46. The van der Waals surface area contributed by atoms with E-state index in [2.05, 4.69) is 10.5 Å². The number of hydrazone groups is 1. The number of hydrogen-bond acceptors (Lipinski definition) is 4. The van der Waals surface area contributed by atoms with E-state index in [4.69, 9.17) is 32.7 Å². The molecule has 0 unspecified atom stereocenters. The number of halogens is 2. The van der Waals surface area contributed by atoms with Crippen molar-refractivity contribution in [2.75, 3.05) is 13.7 Å². The molecule has 7 heteroatoms. The Labute approximate surface area is 150 Å².